The van der Waals surface area contributed by atoms with Gasteiger partial charge < -0.3 is 15.0 Å². The van der Waals surface area contributed by atoms with Gasteiger partial charge in [0.2, 0.25) is 6.10 Å². The van der Waals surface area contributed by atoms with Crippen molar-refractivity contribution in [2.45, 2.75) is 18.9 Å². The van der Waals surface area contributed by atoms with Gasteiger partial charge in [-0.05, 0) is 12.1 Å². The number of carbonyl (C=O) groups is 3. The normalized spacial score (nSPS) is 11.5. The van der Waals surface area contributed by atoms with Crippen molar-refractivity contribution in [1.29, 1.82) is 0 Å². The number of nitrogens with zero attached hydrogens (tertiary/aromatic N) is 1. The van der Waals surface area contributed by atoms with Gasteiger partial charge in [0, 0.05) is 19.0 Å². The number of hydrogen-bond acceptors (Lipinski definition) is 6. The topological polar surface area (TPSA) is 130 Å². The molecule has 0 aliphatic heterocycles. The van der Waals surface area contributed by atoms with Gasteiger partial charge in [-0.2, -0.15) is 0 Å². The number of amides is 3. The maximum atomic E-state index is 12.4. The van der Waals surface area contributed by atoms with Crippen LogP contribution in [0.3, 0.4) is 0 Å². The van der Waals surface area contributed by atoms with Crippen LogP contribution >= 0.6 is 0 Å². The van der Waals surface area contributed by atoms with Crippen LogP contribution in [-0.2, 0) is 20.7 Å². The monoisotopic (exact) mass is 408 g/mol. The molecule has 0 saturated heterocycles. The predicted octanol–water partition coefficient (Wildman–Crippen LogP) is 1.60. The van der Waals surface area contributed by atoms with Crippen LogP contribution < -0.4 is 16.2 Å². The first-order valence-electron chi connectivity index (χ1n) is 9.23. The molecule has 0 fully saturated rings. The lowest BCUT2D eigenvalue weighted by atomic mass is 10.1. The van der Waals surface area contributed by atoms with E-state index in [1.54, 1.807) is 54.6 Å². The van der Waals surface area contributed by atoms with Crippen LogP contribution in [0.5, 0.6) is 0 Å². The quantitative estimate of drug-likeness (QED) is 0.531. The molecular formula is C21H20N4O5. The average Bonchev–Trinajstić information content (AvgIpc) is 2.76. The van der Waals surface area contributed by atoms with Crippen molar-refractivity contribution in [3.63, 3.8) is 0 Å². The summed E-state index contributed by atoms with van der Waals surface area (Å²) in [6.07, 6.45) is -1.28. The Morgan fingerprint density at radius 2 is 1.77 bits per heavy atom. The molecule has 9 heteroatoms. The fourth-order valence-electron chi connectivity index (χ4n) is 2.80. The van der Waals surface area contributed by atoms with Crippen LogP contribution in [0, 0.1) is 0 Å². The highest BCUT2D eigenvalue weighted by atomic mass is 16.5. The molecule has 0 spiro atoms. The number of fused-ring (bicyclic) bond motifs is 1. The number of benzene rings is 2. The zero-order valence-electron chi connectivity index (χ0n) is 16.2. The number of para-hydroxylation sites is 1. The first kappa shape index (κ1) is 20.7. The Labute approximate surface area is 171 Å². The molecule has 1 atom stereocenters. The molecule has 1 heterocycles. The van der Waals surface area contributed by atoms with E-state index in [0.717, 1.165) is 0 Å². The van der Waals surface area contributed by atoms with Crippen molar-refractivity contribution in [2.24, 2.45) is 0 Å². The third-order valence-electron chi connectivity index (χ3n) is 4.28. The third kappa shape index (κ3) is 5.07. The molecule has 154 valence electrons. The number of ether oxygens (including phenoxy) is 1. The number of aryl methyl sites for hydroxylation is 1. The Kier molecular flexibility index (Phi) is 6.53. The number of carbonyl (C=O) groups excluding carboxylic acids is 3. The highest BCUT2D eigenvalue weighted by molar-refractivity contribution is 5.97. The van der Waals surface area contributed by atoms with Crippen molar-refractivity contribution in [1.82, 2.24) is 20.6 Å². The van der Waals surface area contributed by atoms with Gasteiger partial charge in [0.1, 0.15) is 5.82 Å². The van der Waals surface area contributed by atoms with E-state index < -0.39 is 24.0 Å². The van der Waals surface area contributed by atoms with E-state index in [9.17, 15) is 19.2 Å². The predicted molar refractivity (Wildman–Crippen MR) is 109 cm³/mol. The number of H-pyrrole nitrogens is 1. The maximum absolute atomic E-state index is 12.4. The molecule has 0 bridgehead atoms. The molecule has 1 aromatic heterocycles. The Hall–Kier alpha value is -4.01. The standard InChI is InChI=1S/C21H20N4O5/c1-22-21(29)25-20(28)18(13-7-3-2-4-8-13)30-17(26)12-11-16-23-15-10-6-5-9-14(15)19(27)24-16/h2-10,18H,11-12H2,1H3,(H,23,24,27)(H2,22,25,28,29). The zero-order chi connectivity index (χ0) is 21.5. The van der Waals surface area contributed by atoms with Crippen LogP contribution in [0.25, 0.3) is 10.9 Å². The molecule has 2 aromatic carbocycles. The van der Waals surface area contributed by atoms with Gasteiger partial charge >= 0.3 is 12.0 Å². The summed E-state index contributed by atoms with van der Waals surface area (Å²) < 4.78 is 5.33. The van der Waals surface area contributed by atoms with Crippen LogP contribution in [0.4, 0.5) is 4.79 Å². The second-order valence-corrected chi connectivity index (χ2v) is 6.38. The highest BCUT2D eigenvalue weighted by Gasteiger charge is 2.26. The summed E-state index contributed by atoms with van der Waals surface area (Å²) in [7, 11) is 1.36. The molecule has 30 heavy (non-hydrogen) atoms. The molecule has 3 aromatic rings. The van der Waals surface area contributed by atoms with E-state index in [-0.39, 0.29) is 18.4 Å². The van der Waals surface area contributed by atoms with Crippen LogP contribution in [0.15, 0.2) is 59.4 Å². The minimum Gasteiger partial charge on any atom is -0.447 e. The van der Waals surface area contributed by atoms with Crippen molar-refractivity contribution < 1.29 is 19.1 Å². The Balaban J connectivity index is 1.71. The molecule has 1 unspecified atom stereocenters. The van der Waals surface area contributed by atoms with Gasteiger partial charge in [0.25, 0.3) is 11.5 Å². The molecule has 3 rings (SSSR count). The summed E-state index contributed by atoms with van der Waals surface area (Å²) in [5.74, 6) is -1.11. The lowest BCUT2D eigenvalue weighted by molar-refractivity contribution is -0.156. The van der Waals surface area contributed by atoms with E-state index in [1.165, 1.54) is 7.05 Å². The van der Waals surface area contributed by atoms with Gasteiger partial charge in [0.15, 0.2) is 0 Å². The number of nitrogens with one attached hydrogen (secondary N) is 3. The third-order valence-corrected chi connectivity index (χ3v) is 4.28. The van der Waals surface area contributed by atoms with Gasteiger partial charge in [0.05, 0.1) is 17.3 Å². The van der Waals surface area contributed by atoms with Crippen LogP contribution in [0.1, 0.15) is 23.9 Å². The molecule has 0 radical (unpaired) electrons. The van der Waals surface area contributed by atoms with E-state index in [4.69, 9.17) is 4.74 Å². The summed E-state index contributed by atoms with van der Waals surface area (Å²) in [5, 5.41) is 4.83. The average molecular weight is 408 g/mol. The smallest absolute Gasteiger partial charge is 0.321 e. The summed E-state index contributed by atoms with van der Waals surface area (Å²) in [6.45, 7) is 0. The van der Waals surface area contributed by atoms with E-state index in [2.05, 4.69) is 20.6 Å². The van der Waals surface area contributed by atoms with Gasteiger partial charge in [-0.25, -0.2) is 9.78 Å². The molecular weight excluding hydrogens is 388 g/mol. The second kappa shape index (κ2) is 9.46. The van der Waals surface area contributed by atoms with Crippen molar-refractivity contribution in [2.75, 3.05) is 7.05 Å². The van der Waals surface area contributed by atoms with Crippen LogP contribution in [0.2, 0.25) is 0 Å². The van der Waals surface area contributed by atoms with E-state index >= 15 is 0 Å². The largest absolute Gasteiger partial charge is 0.447 e. The minimum atomic E-state index is -1.29. The van der Waals surface area contributed by atoms with E-state index in [1.807, 2.05) is 0 Å². The van der Waals surface area contributed by atoms with Crippen molar-refractivity contribution >= 4 is 28.8 Å². The molecule has 3 N–H and O–H groups in total. The van der Waals surface area contributed by atoms with Gasteiger partial charge in [-0.15, -0.1) is 0 Å². The summed E-state index contributed by atoms with van der Waals surface area (Å²) in [5.41, 5.74) is 0.650. The fraction of sp³-hybridized carbons (Fsp3) is 0.190. The summed E-state index contributed by atoms with van der Waals surface area (Å²) in [4.78, 5) is 55.4. The number of rotatable bonds is 6. The van der Waals surface area contributed by atoms with Crippen molar-refractivity contribution in [3.8, 4) is 0 Å². The summed E-state index contributed by atoms with van der Waals surface area (Å²) in [6, 6.07) is 14.5. The number of hydrogen-bond donors (Lipinski definition) is 3. The molecule has 3 amide bonds. The first-order chi connectivity index (χ1) is 14.5. The lowest BCUT2D eigenvalue weighted by Crippen LogP contribution is -2.41. The molecule has 9 nitrogen and oxygen atoms in total. The highest BCUT2D eigenvalue weighted by Crippen LogP contribution is 2.19. The number of aromatic amines is 1. The SMILES string of the molecule is CNC(=O)NC(=O)C(OC(=O)CCc1nc2ccccc2c(=O)[nH]1)c1ccccc1. The summed E-state index contributed by atoms with van der Waals surface area (Å²) >= 11 is 0. The first-order valence-corrected chi connectivity index (χ1v) is 9.23. The molecule has 0 saturated carbocycles. The molecule has 0 aliphatic rings. The minimum absolute atomic E-state index is 0.113. The number of imide groups is 1. The lowest BCUT2D eigenvalue weighted by Gasteiger charge is -2.17. The molecule has 0 aliphatic carbocycles. The number of urea groups is 1. The second-order valence-electron chi connectivity index (χ2n) is 6.38. The van der Waals surface area contributed by atoms with Crippen molar-refractivity contribution in [3.05, 3.63) is 76.3 Å². The van der Waals surface area contributed by atoms with Gasteiger partial charge in [-0.1, -0.05) is 42.5 Å². The number of aromatic nitrogens is 2. The van der Waals surface area contributed by atoms with E-state index in [0.29, 0.717) is 22.3 Å². The zero-order valence-corrected chi connectivity index (χ0v) is 16.2. The maximum Gasteiger partial charge on any atom is 0.321 e. The van der Waals surface area contributed by atoms with Crippen LogP contribution in [-0.4, -0.2) is 34.9 Å². The van der Waals surface area contributed by atoms with Gasteiger partial charge in [-0.3, -0.25) is 19.7 Å². The number of esters is 1. The Bertz CT molecular complexity index is 1130. The Morgan fingerprint density at radius 1 is 1.07 bits per heavy atom. The fourth-order valence-corrected chi connectivity index (χ4v) is 2.80. The Morgan fingerprint density at radius 3 is 2.50 bits per heavy atom.